The SMILES string of the molecule is CCc1cccc(-c2ccc3c(c2)O[C@H](C)CO3)c1C. The van der Waals surface area contributed by atoms with Crippen LogP contribution in [-0.2, 0) is 6.42 Å². The third-order valence-corrected chi connectivity index (χ3v) is 3.88. The standard InChI is InChI=1S/C18H20O2/c1-4-14-6-5-7-16(13(14)3)15-8-9-17-18(10-15)20-12(2)11-19-17/h5-10,12H,4,11H2,1-3H3/t12-/m1/s1. The van der Waals surface area contributed by atoms with Crippen molar-refractivity contribution in [1.29, 1.82) is 0 Å². The molecule has 0 aromatic heterocycles. The highest BCUT2D eigenvalue weighted by Crippen LogP contribution is 2.37. The van der Waals surface area contributed by atoms with Gasteiger partial charge in [0.25, 0.3) is 0 Å². The maximum Gasteiger partial charge on any atom is 0.162 e. The number of aryl methyl sites for hydroxylation is 1. The fourth-order valence-electron chi connectivity index (χ4n) is 2.72. The molecule has 0 saturated carbocycles. The Kier molecular flexibility index (Phi) is 3.39. The molecule has 104 valence electrons. The Morgan fingerprint density at radius 1 is 1.15 bits per heavy atom. The van der Waals surface area contributed by atoms with Crippen LogP contribution in [0.4, 0.5) is 0 Å². The van der Waals surface area contributed by atoms with Crippen LogP contribution in [0.5, 0.6) is 11.5 Å². The third-order valence-electron chi connectivity index (χ3n) is 3.88. The zero-order valence-corrected chi connectivity index (χ0v) is 12.3. The molecule has 1 atom stereocenters. The van der Waals surface area contributed by atoms with Crippen molar-refractivity contribution in [3.05, 3.63) is 47.5 Å². The quantitative estimate of drug-likeness (QED) is 0.804. The van der Waals surface area contributed by atoms with Crippen molar-refractivity contribution in [3.8, 4) is 22.6 Å². The van der Waals surface area contributed by atoms with Crippen molar-refractivity contribution >= 4 is 0 Å². The summed E-state index contributed by atoms with van der Waals surface area (Å²) in [5.41, 5.74) is 5.20. The van der Waals surface area contributed by atoms with E-state index in [4.69, 9.17) is 9.47 Å². The van der Waals surface area contributed by atoms with E-state index in [9.17, 15) is 0 Å². The normalized spacial score (nSPS) is 17.1. The number of benzene rings is 2. The lowest BCUT2D eigenvalue weighted by atomic mass is 9.95. The Morgan fingerprint density at radius 3 is 2.80 bits per heavy atom. The molecule has 0 saturated heterocycles. The molecule has 2 aromatic carbocycles. The second-order valence-electron chi connectivity index (χ2n) is 5.34. The number of fused-ring (bicyclic) bond motifs is 1. The highest BCUT2D eigenvalue weighted by molar-refractivity contribution is 5.71. The number of rotatable bonds is 2. The Bertz CT molecular complexity index is 631. The largest absolute Gasteiger partial charge is 0.486 e. The van der Waals surface area contributed by atoms with E-state index in [1.807, 2.05) is 13.0 Å². The van der Waals surface area contributed by atoms with Crippen LogP contribution < -0.4 is 9.47 Å². The summed E-state index contributed by atoms with van der Waals surface area (Å²) in [5.74, 6) is 1.69. The minimum absolute atomic E-state index is 0.112. The smallest absolute Gasteiger partial charge is 0.162 e. The lowest BCUT2D eigenvalue weighted by Crippen LogP contribution is -2.25. The second-order valence-corrected chi connectivity index (χ2v) is 5.34. The predicted octanol–water partition coefficient (Wildman–Crippen LogP) is 4.38. The molecule has 0 unspecified atom stereocenters. The Hall–Kier alpha value is -1.96. The van der Waals surface area contributed by atoms with Crippen LogP contribution in [0.3, 0.4) is 0 Å². The summed E-state index contributed by atoms with van der Waals surface area (Å²) in [4.78, 5) is 0. The minimum Gasteiger partial charge on any atom is -0.486 e. The average molecular weight is 268 g/mol. The summed E-state index contributed by atoms with van der Waals surface area (Å²) in [5, 5.41) is 0. The molecule has 0 N–H and O–H groups in total. The topological polar surface area (TPSA) is 18.5 Å². The van der Waals surface area contributed by atoms with Gasteiger partial charge in [0.1, 0.15) is 12.7 Å². The molecule has 0 bridgehead atoms. The van der Waals surface area contributed by atoms with Crippen LogP contribution in [0.2, 0.25) is 0 Å². The van der Waals surface area contributed by atoms with E-state index in [-0.39, 0.29) is 6.10 Å². The molecule has 0 fully saturated rings. The molecule has 0 spiro atoms. The van der Waals surface area contributed by atoms with Crippen molar-refractivity contribution < 1.29 is 9.47 Å². The van der Waals surface area contributed by atoms with Crippen molar-refractivity contribution in [2.75, 3.05) is 6.61 Å². The maximum atomic E-state index is 5.87. The van der Waals surface area contributed by atoms with Gasteiger partial charge in [-0.1, -0.05) is 31.2 Å². The first-order valence-corrected chi connectivity index (χ1v) is 7.21. The van der Waals surface area contributed by atoms with Crippen LogP contribution in [0.25, 0.3) is 11.1 Å². The van der Waals surface area contributed by atoms with Crippen LogP contribution in [0.1, 0.15) is 25.0 Å². The molecule has 3 rings (SSSR count). The molecule has 1 heterocycles. The minimum atomic E-state index is 0.112. The van der Waals surface area contributed by atoms with Gasteiger partial charge in [-0.15, -0.1) is 0 Å². The van der Waals surface area contributed by atoms with Gasteiger partial charge in [0, 0.05) is 0 Å². The summed E-state index contributed by atoms with van der Waals surface area (Å²) in [6, 6.07) is 12.7. The van der Waals surface area contributed by atoms with Crippen LogP contribution >= 0.6 is 0 Å². The maximum absolute atomic E-state index is 5.87. The van der Waals surface area contributed by atoms with Gasteiger partial charge < -0.3 is 9.47 Å². The molecule has 2 nitrogen and oxygen atoms in total. The zero-order valence-electron chi connectivity index (χ0n) is 12.3. The summed E-state index contributed by atoms with van der Waals surface area (Å²) in [7, 11) is 0. The van der Waals surface area contributed by atoms with Crippen LogP contribution in [-0.4, -0.2) is 12.7 Å². The first kappa shape index (κ1) is 13.0. The Labute approximate surface area is 120 Å². The Balaban J connectivity index is 2.05. The monoisotopic (exact) mass is 268 g/mol. The van der Waals surface area contributed by atoms with E-state index in [2.05, 4.69) is 44.2 Å². The van der Waals surface area contributed by atoms with Gasteiger partial charge in [-0.05, 0) is 54.7 Å². The third kappa shape index (κ3) is 2.26. The van der Waals surface area contributed by atoms with E-state index in [0.717, 1.165) is 17.9 Å². The molecule has 0 aliphatic carbocycles. The van der Waals surface area contributed by atoms with Gasteiger partial charge in [-0.2, -0.15) is 0 Å². The molecule has 1 aliphatic rings. The van der Waals surface area contributed by atoms with Gasteiger partial charge in [0.05, 0.1) is 0 Å². The lowest BCUT2D eigenvalue weighted by Gasteiger charge is -2.24. The average Bonchev–Trinajstić information content (AvgIpc) is 2.46. The summed E-state index contributed by atoms with van der Waals surface area (Å²) >= 11 is 0. The van der Waals surface area contributed by atoms with E-state index in [0.29, 0.717) is 6.61 Å². The highest BCUT2D eigenvalue weighted by atomic mass is 16.6. The van der Waals surface area contributed by atoms with E-state index in [1.165, 1.54) is 22.3 Å². The Morgan fingerprint density at radius 2 is 2.00 bits per heavy atom. The van der Waals surface area contributed by atoms with Crippen LogP contribution in [0.15, 0.2) is 36.4 Å². The number of hydrogen-bond acceptors (Lipinski definition) is 2. The number of hydrogen-bond donors (Lipinski definition) is 0. The van der Waals surface area contributed by atoms with Gasteiger partial charge in [-0.3, -0.25) is 0 Å². The molecular formula is C18H20O2. The molecule has 0 amide bonds. The van der Waals surface area contributed by atoms with Gasteiger partial charge >= 0.3 is 0 Å². The van der Waals surface area contributed by atoms with Crippen molar-refractivity contribution in [2.45, 2.75) is 33.3 Å². The van der Waals surface area contributed by atoms with Crippen molar-refractivity contribution in [2.24, 2.45) is 0 Å². The molecule has 2 aromatic rings. The van der Waals surface area contributed by atoms with Gasteiger partial charge in [0.15, 0.2) is 11.5 Å². The predicted molar refractivity (Wildman–Crippen MR) is 81.6 cm³/mol. The summed E-state index contributed by atoms with van der Waals surface area (Å²) < 4.78 is 11.5. The lowest BCUT2D eigenvalue weighted by molar-refractivity contribution is 0.104. The molecular weight excluding hydrogens is 248 g/mol. The van der Waals surface area contributed by atoms with E-state index < -0.39 is 0 Å². The number of ether oxygens (including phenoxy) is 2. The summed E-state index contributed by atoms with van der Waals surface area (Å²) in [6.45, 7) is 7.03. The van der Waals surface area contributed by atoms with Crippen LogP contribution in [0, 0.1) is 6.92 Å². The molecule has 2 heteroatoms. The zero-order chi connectivity index (χ0) is 14.1. The van der Waals surface area contributed by atoms with Crippen molar-refractivity contribution in [3.63, 3.8) is 0 Å². The first-order chi connectivity index (χ1) is 9.69. The van der Waals surface area contributed by atoms with Gasteiger partial charge in [-0.25, -0.2) is 0 Å². The molecule has 1 aliphatic heterocycles. The summed E-state index contributed by atoms with van der Waals surface area (Å²) in [6.07, 6.45) is 1.17. The first-order valence-electron chi connectivity index (χ1n) is 7.21. The molecule has 0 radical (unpaired) electrons. The van der Waals surface area contributed by atoms with Crippen molar-refractivity contribution in [1.82, 2.24) is 0 Å². The second kappa shape index (κ2) is 5.20. The van der Waals surface area contributed by atoms with E-state index >= 15 is 0 Å². The molecule has 20 heavy (non-hydrogen) atoms. The fraction of sp³-hybridized carbons (Fsp3) is 0.333. The van der Waals surface area contributed by atoms with E-state index in [1.54, 1.807) is 0 Å². The fourth-order valence-corrected chi connectivity index (χ4v) is 2.72. The highest BCUT2D eigenvalue weighted by Gasteiger charge is 2.18. The van der Waals surface area contributed by atoms with Gasteiger partial charge in [0.2, 0.25) is 0 Å².